The first-order valence-corrected chi connectivity index (χ1v) is 7.73. The van der Waals surface area contributed by atoms with Crippen molar-refractivity contribution in [1.82, 2.24) is 14.5 Å². The summed E-state index contributed by atoms with van der Waals surface area (Å²) in [5.74, 6) is 2.33. The van der Waals surface area contributed by atoms with Gasteiger partial charge in [-0.3, -0.25) is 0 Å². The summed E-state index contributed by atoms with van der Waals surface area (Å²) in [6.45, 7) is 13.1. The molecular formula is C16H32N4. The Morgan fingerprint density at radius 1 is 1.20 bits per heavy atom. The molecule has 116 valence electrons. The van der Waals surface area contributed by atoms with Crippen molar-refractivity contribution >= 4 is 5.95 Å². The van der Waals surface area contributed by atoms with E-state index in [1.54, 1.807) is 0 Å². The molecule has 0 amide bonds. The number of aryl methyl sites for hydroxylation is 1. The van der Waals surface area contributed by atoms with E-state index in [2.05, 4.69) is 74.7 Å². The number of nitrogens with one attached hydrogen (secondary N) is 1. The lowest BCUT2D eigenvalue weighted by atomic mass is 10.0. The maximum absolute atomic E-state index is 4.65. The van der Waals surface area contributed by atoms with E-state index >= 15 is 0 Å². The summed E-state index contributed by atoms with van der Waals surface area (Å²) in [6, 6.07) is 0.442. The van der Waals surface area contributed by atoms with Crippen molar-refractivity contribution in [1.29, 1.82) is 0 Å². The van der Waals surface area contributed by atoms with Gasteiger partial charge in [-0.15, -0.1) is 0 Å². The van der Waals surface area contributed by atoms with E-state index in [1.165, 1.54) is 0 Å². The fourth-order valence-corrected chi connectivity index (χ4v) is 2.57. The molecule has 1 aromatic rings. The van der Waals surface area contributed by atoms with Crippen molar-refractivity contribution in [3.63, 3.8) is 0 Å². The number of rotatable bonds is 8. The maximum Gasteiger partial charge on any atom is 0.203 e. The molecule has 1 rings (SSSR count). The Balaban J connectivity index is 2.80. The average molecular weight is 280 g/mol. The lowest BCUT2D eigenvalue weighted by molar-refractivity contribution is 0.354. The first-order valence-electron chi connectivity index (χ1n) is 7.73. The van der Waals surface area contributed by atoms with E-state index in [4.69, 9.17) is 0 Å². The van der Waals surface area contributed by atoms with E-state index in [9.17, 15) is 0 Å². The van der Waals surface area contributed by atoms with Crippen LogP contribution in [0.3, 0.4) is 0 Å². The van der Waals surface area contributed by atoms with Gasteiger partial charge in [0.2, 0.25) is 5.95 Å². The molecule has 0 saturated carbocycles. The molecule has 0 spiro atoms. The van der Waals surface area contributed by atoms with Crippen LogP contribution in [0.25, 0.3) is 0 Å². The Bertz CT molecular complexity index is 383. The Morgan fingerprint density at radius 2 is 1.85 bits per heavy atom. The van der Waals surface area contributed by atoms with E-state index < -0.39 is 0 Å². The van der Waals surface area contributed by atoms with E-state index in [1.807, 2.05) is 0 Å². The summed E-state index contributed by atoms with van der Waals surface area (Å²) in [5.41, 5.74) is 1.08. The van der Waals surface area contributed by atoms with Crippen LogP contribution in [0.2, 0.25) is 0 Å². The zero-order valence-corrected chi connectivity index (χ0v) is 14.3. The van der Waals surface area contributed by atoms with Crippen LogP contribution in [0.15, 0.2) is 6.20 Å². The molecule has 20 heavy (non-hydrogen) atoms. The van der Waals surface area contributed by atoms with Crippen LogP contribution in [-0.2, 0) is 6.54 Å². The maximum atomic E-state index is 4.65. The van der Waals surface area contributed by atoms with Crippen LogP contribution in [0, 0.1) is 18.8 Å². The van der Waals surface area contributed by atoms with Crippen LogP contribution in [0.1, 0.15) is 39.8 Å². The first kappa shape index (κ1) is 17.0. The van der Waals surface area contributed by atoms with Crippen molar-refractivity contribution in [2.75, 3.05) is 26.0 Å². The highest BCUT2D eigenvalue weighted by atomic mass is 15.2. The quantitative estimate of drug-likeness (QED) is 0.793. The summed E-state index contributed by atoms with van der Waals surface area (Å²) in [7, 11) is 4.25. The van der Waals surface area contributed by atoms with Gasteiger partial charge in [0.25, 0.3) is 0 Å². The minimum atomic E-state index is 0.442. The van der Waals surface area contributed by atoms with Gasteiger partial charge in [-0.1, -0.05) is 27.7 Å². The summed E-state index contributed by atoms with van der Waals surface area (Å²) in [6.07, 6.45) is 3.30. The molecule has 0 aliphatic heterocycles. The van der Waals surface area contributed by atoms with Crippen molar-refractivity contribution in [3.8, 4) is 0 Å². The summed E-state index contributed by atoms with van der Waals surface area (Å²) in [4.78, 5) is 6.89. The molecule has 0 bridgehead atoms. The highest BCUT2D eigenvalue weighted by molar-refractivity contribution is 5.30. The van der Waals surface area contributed by atoms with Gasteiger partial charge in [0.1, 0.15) is 0 Å². The number of imidazole rings is 1. The molecule has 0 aromatic carbocycles. The second kappa shape index (κ2) is 7.67. The third-order valence-electron chi connectivity index (χ3n) is 3.13. The van der Waals surface area contributed by atoms with Crippen molar-refractivity contribution in [3.05, 3.63) is 11.9 Å². The van der Waals surface area contributed by atoms with Crippen LogP contribution in [-0.4, -0.2) is 41.1 Å². The molecule has 1 N–H and O–H groups in total. The predicted molar refractivity (Wildman–Crippen MR) is 87.2 cm³/mol. The van der Waals surface area contributed by atoms with Crippen molar-refractivity contribution < 1.29 is 0 Å². The van der Waals surface area contributed by atoms with Gasteiger partial charge in [-0.2, -0.15) is 0 Å². The highest BCUT2D eigenvalue weighted by Gasteiger charge is 2.15. The topological polar surface area (TPSA) is 33.1 Å². The second-order valence-corrected chi connectivity index (χ2v) is 6.99. The molecule has 4 nitrogen and oxygen atoms in total. The van der Waals surface area contributed by atoms with Gasteiger partial charge in [-0.05, 0) is 39.3 Å². The SMILES string of the molecule is Cc1cn(CC(C)C)c(NC(CC(C)C)CN(C)C)n1. The number of likely N-dealkylation sites (N-methyl/N-ethyl adjacent to an activating group) is 1. The van der Waals surface area contributed by atoms with Gasteiger partial charge in [0, 0.05) is 25.3 Å². The molecule has 1 heterocycles. The smallest absolute Gasteiger partial charge is 0.203 e. The summed E-state index contributed by atoms with van der Waals surface area (Å²) < 4.78 is 2.25. The fourth-order valence-electron chi connectivity index (χ4n) is 2.57. The number of hydrogen-bond donors (Lipinski definition) is 1. The Kier molecular flexibility index (Phi) is 6.53. The average Bonchev–Trinajstić information content (AvgIpc) is 2.55. The highest BCUT2D eigenvalue weighted by Crippen LogP contribution is 2.16. The van der Waals surface area contributed by atoms with Gasteiger partial charge in [0.15, 0.2) is 0 Å². The standard InChI is InChI=1S/C16H32N4/c1-12(2)8-15(11-19(6)7)18-16-17-14(5)10-20(16)9-13(3)4/h10,12-13,15H,8-9,11H2,1-7H3,(H,17,18). The summed E-state index contributed by atoms with van der Waals surface area (Å²) >= 11 is 0. The number of aromatic nitrogens is 2. The normalized spacial score (nSPS) is 13.5. The predicted octanol–water partition coefficient (Wildman–Crippen LogP) is 3.24. The molecule has 0 radical (unpaired) electrons. The van der Waals surface area contributed by atoms with Crippen molar-refractivity contribution in [2.45, 2.75) is 53.6 Å². The summed E-state index contributed by atoms with van der Waals surface area (Å²) in [5, 5.41) is 3.65. The zero-order chi connectivity index (χ0) is 15.3. The fraction of sp³-hybridized carbons (Fsp3) is 0.812. The molecular weight excluding hydrogens is 248 g/mol. The van der Waals surface area contributed by atoms with Gasteiger partial charge in [-0.25, -0.2) is 4.98 Å². The van der Waals surface area contributed by atoms with Crippen LogP contribution >= 0.6 is 0 Å². The molecule has 0 fully saturated rings. The third kappa shape index (κ3) is 5.95. The molecule has 0 saturated heterocycles. The number of anilines is 1. The molecule has 1 atom stereocenters. The first-order chi connectivity index (χ1) is 9.27. The molecule has 4 heteroatoms. The number of nitrogens with zero attached hydrogens (tertiary/aromatic N) is 3. The number of hydrogen-bond acceptors (Lipinski definition) is 3. The van der Waals surface area contributed by atoms with Crippen LogP contribution in [0.4, 0.5) is 5.95 Å². The minimum Gasteiger partial charge on any atom is -0.352 e. The monoisotopic (exact) mass is 280 g/mol. The Hall–Kier alpha value is -1.03. The molecule has 0 aliphatic carbocycles. The third-order valence-corrected chi connectivity index (χ3v) is 3.13. The van der Waals surface area contributed by atoms with E-state index in [0.29, 0.717) is 17.9 Å². The Morgan fingerprint density at radius 3 is 2.35 bits per heavy atom. The molecule has 1 unspecified atom stereocenters. The van der Waals surface area contributed by atoms with Crippen LogP contribution in [0.5, 0.6) is 0 Å². The lowest BCUT2D eigenvalue weighted by Gasteiger charge is -2.25. The van der Waals surface area contributed by atoms with E-state index in [0.717, 1.165) is 31.2 Å². The largest absolute Gasteiger partial charge is 0.352 e. The molecule has 0 aliphatic rings. The Labute approximate surface area is 124 Å². The van der Waals surface area contributed by atoms with Gasteiger partial charge < -0.3 is 14.8 Å². The van der Waals surface area contributed by atoms with E-state index in [-0.39, 0.29) is 0 Å². The van der Waals surface area contributed by atoms with Gasteiger partial charge >= 0.3 is 0 Å². The van der Waals surface area contributed by atoms with Gasteiger partial charge in [0.05, 0.1) is 5.69 Å². The minimum absolute atomic E-state index is 0.442. The lowest BCUT2D eigenvalue weighted by Crippen LogP contribution is -2.34. The van der Waals surface area contributed by atoms with Crippen molar-refractivity contribution in [2.24, 2.45) is 11.8 Å². The van der Waals surface area contributed by atoms with Crippen LogP contribution < -0.4 is 5.32 Å². The zero-order valence-electron chi connectivity index (χ0n) is 14.3. The second-order valence-electron chi connectivity index (χ2n) is 6.99. The molecule has 1 aromatic heterocycles.